The zero-order valence-corrected chi connectivity index (χ0v) is 24.0. The fourth-order valence-corrected chi connectivity index (χ4v) is 5.72. The number of aryl methyl sites for hydroxylation is 3. The summed E-state index contributed by atoms with van der Waals surface area (Å²) in [5.41, 5.74) is 5.65. The minimum atomic E-state index is -3.36. The van der Waals surface area contributed by atoms with Crippen LogP contribution in [-0.2, 0) is 9.84 Å². The van der Waals surface area contributed by atoms with Gasteiger partial charge in [0.25, 0.3) is 0 Å². The number of benzene rings is 3. The van der Waals surface area contributed by atoms with E-state index in [0.717, 1.165) is 39.5 Å². The number of nitrogens with zero attached hydrogens (tertiary/aromatic N) is 3. The van der Waals surface area contributed by atoms with Crippen LogP contribution in [0.4, 0.5) is 0 Å². The van der Waals surface area contributed by atoms with Gasteiger partial charge in [0.1, 0.15) is 11.5 Å². The Morgan fingerprint density at radius 1 is 0.825 bits per heavy atom. The van der Waals surface area contributed by atoms with Gasteiger partial charge in [-0.3, -0.25) is 0 Å². The topological polar surface area (TPSA) is 96.5 Å². The second kappa shape index (κ2) is 9.09. The highest BCUT2D eigenvalue weighted by molar-refractivity contribution is 7.90. The SMILES string of the molecule is Cc1cn(-c2ccc(-c3cccc(S(C)(=O)=O)c3)cc2-c2nc(C)oc2-c2ccc3c(c2)OC(C)(C)O3)c(C)n1. The molecule has 0 saturated heterocycles. The number of ether oxygens (including phenoxy) is 2. The monoisotopic (exact) mass is 555 g/mol. The Bertz CT molecular complexity index is 1900. The van der Waals surface area contributed by atoms with Gasteiger partial charge in [-0.05, 0) is 67.4 Å². The van der Waals surface area contributed by atoms with Crippen LogP contribution in [0.3, 0.4) is 0 Å². The zero-order chi connectivity index (χ0) is 28.4. The first-order valence-corrected chi connectivity index (χ1v) is 14.7. The molecule has 1 aliphatic heterocycles. The van der Waals surface area contributed by atoms with Crippen molar-refractivity contribution in [1.82, 2.24) is 14.5 Å². The van der Waals surface area contributed by atoms with E-state index in [1.165, 1.54) is 6.26 Å². The van der Waals surface area contributed by atoms with Crippen molar-refractivity contribution in [2.24, 2.45) is 0 Å². The summed E-state index contributed by atoms with van der Waals surface area (Å²) in [5.74, 6) is 2.49. The molecule has 0 spiro atoms. The van der Waals surface area contributed by atoms with Crippen molar-refractivity contribution < 1.29 is 22.3 Å². The third-order valence-electron chi connectivity index (χ3n) is 6.76. The van der Waals surface area contributed by atoms with Crippen LogP contribution in [0.25, 0.3) is 39.4 Å². The second-order valence-electron chi connectivity index (χ2n) is 10.5. The second-order valence-corrected chi connectivity index (χ2v) is 12.5. The molecule has 0 amide bonds. The average Bonchev–Trinajstić information content (AvgIpc) is 3.54. The minimum absolute atomic E-state index is 0.262. The van der Waals surface area contributed by atoms with E-state index >= 15 is 0 Å². The van der Waals surface area contributed by atoms with Crippen LogP contribution in [0.15, 0.2) is 76.2 Å². The predicted octanol–water partition coefficient (Wildman–Crippen LogP) is 6.70. The normalized spacial score (nSPS) is 14.1. The van der Waals surface area contributed by atoms with Gasteiger partial charge >= 0.3 is 0 Å². The standard InChI is InChI=1S/C31H29N3O5S/c1-18-17-34(19(2)32-18)26-12-10-22(21-8-7-9-24(14-21)40(6,35)36)15-25(26)29-30(37-20(3)33-29)23-11-13-27-28(16-23)39-31(4,5)38-27/h7-17H,1-6H3. The number of hydrogen-bond donors (Lipinski definition) is 0. The summed E-state index contributed by atoms with van der Waals surface area (Å²) < 4.78 is 44.6. The van der Waals surface area contributed by atoms with Gasteiger partial charge in [-0.1, -0.05) is 18.2 Å². The lowest BCUT2D eigenvalue weighted by Crippen LogP contribution is -2.29. The van der Waals surface area contributed by atoms with Gasteiger partial charge in [0.05, 0.1) is 16.3 Å². The van der Waals surface area contributed by atoms with E-state index in [0.29, 0.717) is 28.8 Å². The van der Waals surface area contributed by atoms with E-state index in [2.05, 4.69) is 4.98 Å². The molecule has 9 heteroatoms. The maximum atomic E-state index is 12.3. The van der Waals surface area contributed by atoms with Gasteiger partial charge in [-0.25, -0.2) is 18.4 Å². The summed E-state index contributed by atoms with van der Waals surface area (Å²) in [6.07, 6.45) is 3.19. The predicted molar refractivity (Wildman–Crippen MR) is 153 cm³/mol. The van der Waals surface area contributed by atoms with E-state index in [-0.39, 0.29) is 4.90 Å². The maximum absolute atomic E-state index is 12.3. The highest BCUT2D eigenvalue weighted by Gasteiger charge is 2.32. The highest BCUT2D eigenvalue weighted by Crippen LogP contribution is 2.44. The van der Waals surface area contributed by atoms with Crippen LogP contribution < -0.4 is 9.47 Å². The molecule has 0 fully saturated rings. The molecule has 204 valence electrons. The van der Waals surface area contributed by atoms with Gasteiger partial charge < -0.3 is 18.5 Å². The molecule has 0 radical (unpaired) electrons. The summed E-state index contributed by atoms with van der Waals surface area (Å²) >= 11 is 0. The molecule has 3 aromatic carbocycles. The van der Waals surface area contributed by atoms with E-state index in [4.69, 9.17) is 18.9 Å². The fraction of sp³-hybridized carbons (Fsp3) is 0.226. The van der Waals surface area contributed by atoms with E-state index in [9.17, 15) is 8.42 Å². The van der Waals surface area contributed by atoms with E-state index in [1.807, 2.05) is 87.8 Å². The Morgan fingerprint density at radius 2 is 1.55 bits per heavy atom. The van der Waals surface area contributed by atoms with Crippen LogP contribution in [0, 0.1) is 20.8 Å². The van der Waals surface area contributed by atoms with Crippen LogP contribution in [0.5, 0.6) is 11.5 Å². The molecule has 8 nitrogen and oxygen atoms in total. The maximum Gasteiger partial charge on any atom is 0.246 e. The first-order chi connectivity index (χ1) is 18.9. The lowest BCUT2D eigenvalue weighted by atomic mass is 9.98. The molecular formula is C31H29N3O5S. The molecule has 0 saturated carbocycles. The molecule has 6 rings (SSSR count). The van der Waals surface area contributed by atoms with Crippen LogP contribution in [-0.4, -0.2) is 35.0 Å². The first kappa shape index (κ1) is 25.9. The molecule has 0 bridgehead atoms. The lowest BCUT2D eigenvalue weighted by molar-refractivity contribution is -0.0431. The quantitative estimate of drug-likeness (QED) is 0.238. The largest absolute Gasteiger partial charge is 0.449 e. The molecule has 3 heterocycles. The third-order valence-corrected chi connectivity index (χ3v) is 7.87. The van der Waals surface area contributed by atoms with Crippen molar-refractivity contribution in [3.8, 4) is 50.9 Å². The number of rotatable bonds is 5. The van der Waals surface area contributed by atoms with Crippen molar-refractivity contribution in [3.05, 3.63) is 84.3 Å². The van der Waals surface area contributed by atoms with Crippen LogP contribution >= 0.6 is 0 Å². The fourth-order valence-electron chi connectivity index (χ4n) is 5.05. The summed E-state index contributed by atoms with van der Waals surface area (Å²) in [7, 11) is -3.36. The van der Waals surface area contributed by atoms with Crippen LogP contribution in [0.2, 0.25) is 0 Å². The van der Waals surface area contributed by atoms with Crippen LogP contribution in [0.1, 0.15) is 31.3 Å². The summed E-state index contributed by atoms with van der Waals surface area (Å²) in [4.78, 5) is 9.69. The Kier molecular flexibility index (Phi) is 5.88. The van der Waals surface area contributed by atoms with Gasteiger partial charge in [-0.15, -0.1) is 0 Å². The lowest BCUT2D eigenvalue weighted by Gasteiger charge is -2.16. The molecule has 0 atom stereocenters. The number of imidazole rings is 1. The molecular weight excluding hydrogens is 526 g/mol. The van der Waals surface area contributed by atoms with Crippen molar-refractivity contribution >= 4 is 9.84 Å². The molecule has 0 unspecified atom stereocenters. The number of oxazole rings is 1. The zero-order valence-electron chi connectivity index (χ0n) is 23.1. The molecule has 2 aromatic heterocycles. The number of fused-ring (bicyclic) bond motifs is 1. The Hall–Kier alpha value is -4.37. The third kappa shape index (κ3) is 4.66. The molecule has 1 aliphatic rings. The molecule has 40 heavy (non-hydrogen) atoms. The van der Waals surface area contributed by atoms with Crippen molar-refractivity contribution in [2.45, 2.75) is 45.3 Å². The Balaban J connectivity index is 1.56. The summed E-state index contributed by atoms with van der Waals surface area (Å²) in [5, 5.41) is 0. The minimum Gasteiger partial charge on any atom is -0.449 e. The number of sulfone groups is 1. The summed E-state index contributed by atoms with van der Waals surface area (Å²) in [6.45, 7) is 9.45. The Morgan fingerprint density at radius 3 is 2.27 bits per heavy atom. The highest BCUT2D eigenvalue weighted by atomic mass is 32.2. The van der Waals surface area contributed by atoms with Crippen molar-refractivity contribution in [2.75, 3.05) is 6.26 Å². The van der Waals surface area contributed by atoms with Gasteiger partial charge in [-0.2, -0.15) is 0 Å². The molecule has 5 aromatic rings. The van der Waals surface area contributed by atoms with Gasteiger partial charge in [0.2, 0.25) is 5.79 Å². The van der Waals surface area contributed by atoms with E-state index < -0.39 is 15.6 Å². The van der Waals surface area contributed by atoms with Crippen molar-refractivity contribution in [3.63, 3.8) is 0 Å². The Labute approximate surface area is 233 Å². The van der Waals surface area contributed by atoms with Gasteiger partial charge in [0, 0.05) is 44.4 Å². The first-order valence-electron chi connectivity index (χ1n) is 12.9. The van der Waals surface area contributed by atoms with Crippen molar-refractivity contribution in [1.29, 1.82) is 0 Å². The van der Waals surface area contributed by atoms with Gasteiger partial charge in [0.15, 0.2) is 33.0 Å². The molecule has 0 aliphatic carbocycles. The average molecular weight is 556 g/mol. The summed E-state index contributed by atoms with van der Waals surface area (Å²) in [6, 6.07) is 18.6. The smallest absolute Gasteiger partial charge is 0.246 e. The number of hydrogen-bond acceptors (Lipinski definition) is 7. The molecule has 0 N–H and O–H groups in total. The number of aromatic nitrogens is 3. The van der Waals surface area contributed by atoms with E-state index in [1.54, 1.807) is 18.2 Å².